The summed E-state index contributed by atoms with van der Waals surface area (Å²) in [5, 5.41) is 0. The van der Waals surface area contributed by atoms with E-state index in [1.54, 1.807) is 6.08 Å². The van der Waals surface area contributed by atoms with E-state index < -0.39 is 0 Å². The molecule has 0 heterocycles. The summed E-state index contributed by atoms with van der Waals surface area (Å²) in [5.74, 6) is 0.0513. The number of hydrogen-bond donors (Lipinski definition) is 0. The van der Waals surface area contributed by atoms with E-state index >= 15 is 0 Å². The zero-order valence-electron chi connectivity index (χ0n) is 7.97. The lowest BCUT2D eigenvalue weighted by Crippen LogP contribution is -1.97. The first-order chi connectivity index (χ1) is 6.50. The first kappa shape index (κ1) is 11.9. The van der Waals surface area contributed by atoms with Gasteiger partial charge >= 0.3 is 0 Å². The zero-order valence-corrected chi connectivity index (χ0v) is 11.7. The maximum atomic E-state index is 11.7. The van der Waals surface area contributed by atoms with Crippen LogP contribution in [0.5, 0.6) is 0 Å². The molecule has 0 spiro atoms. The van der Waals surface area contributed by atoms with Gasteiger partial charge in [0.05, 0.1) is 0 Å². The van der Waals surface area contributed by atoms with Crippen molar-refractivity contribution in [1.29, 1.82) is 0 Å². The number of benzene rings is 1. The number of hydrogen-bond acceptors (Lipinski definition) is 1. The topological polar surface area (TPSA) is 17.1 Å². The molecule has 0 aliphatic carbocycles. The van der Waals surface area contributed by atoms with Crippen molar-refractivity contribution in [3.63, 3.8) is 0 Å². The molecule has 0 aliphatic heterocycles. The van der Waals surface area contributed by atoms with Crippen LogP contribution in [0.3, 0.4) is 0 Å². The van der Waals surface area contributed by atoms with E-state index in [4.69, 9.17) is 0 Å². The summed E-state index contributed by atoms with van der Waals surface area (Å²) in [4.78, 5) is 11.7. The van der Waals surface area contributed by atoms with E-state index in [-0.39, 0.29) is 5.78 Å². The highest BCUT2D eigenvalue weighted by atomic mass is 127. The first-order valence-electron chi connectivity index (χ1n) is 4.15. The number of carbonyl (C=O) groups excluding carboxylic acids is 1. The van der Waals surface area contributed by atoms with Crippen LogP contribution in [0.1, 0.15) is 24.2 Å². The molecule has 0 aromatic heterocycles. The summed E-state index contributed by atoms with van der Waals surface area (Å²) >= 11 is 5.56. The first-order valence-corrected chi connectivity index (χ1v) is 6.02. The standard InChI is InChI=1S/C11H10BrIO/c1-7(2)5-11(14)9-6-8(13)3-4-10(9)12/h3-6H,1-2H3. The van der Waals surface area contributed by atoms with Gasteiger partial charge in [-0.2, -0.15) is 0 Å². The Kier molecular flexibility index (Phi) is 4.31. The van der Waals surface area contributed by atoms with Gasteiger partial charge in [0.25, 0.3) is 0 Å². The van der Waals surface area contributed by atoms with Crippen molar-refractivity contribution in [3.8, 4) is 0 Å². The molecule has 0 saturated carbocycles. The van der Waals surface area contributed by atoms with Crippen molar-refractivity contribution in [2.75, 3.05) is 0 Å². The van der Waals surface area contributed by atoms with Gasteiger partial charge in [0.2, 0.25) is 0 Å². The Bertz CT molecular complexity index is 392. The van der Waals surface area contributed by atoms with Crippen molar-refractivity contribution in [2.24, 2.45) is 0 Å². The predicted molar refractivity (Wildman–Crippen MR) is 70.6 cm³/mol. The highest BCUT2D eigenvalue weighted by molar-refractivity contribution is 14.1. The summed E-state index contributed by atoms with van der Waals surface area (Å²) in [7, 11) is 0. The van der Waals surface area contributed by atoms with E-state index in [1.165, 1.54) is 0 Å². The lowest BCUT2D eigenvalue weighted by atomic mass is 10.1. The third-order valence-corrected chi connectivity index (χ3v) is 2.98. The second-order valence-corrected chi connectivity index (χ2v) is 5.31. The smallest absolute Gasteiger partial charge is 0.186 e. The van der Waals surface area contributed by atoms with Crippen LogP contribution in [-0.4, -0.2) is 5.78 Å². The Morgan fingerprint density at radius 3 is 2.64 bits per heavy atom. The lowest BCUT2D eigenvalue weighted by molar-refractivity contribution is 0.104. The highest BCUT2D eigenvalue weighted by Crippen LogP contribution is 2.20. The largest absolute Gasteiger partial charge is 0.289 e. The molecular weight excluding hydrogens is 355 g/mol. The van der Waals surface area contributed by atoms with Crippen LogP contribution in [0.2, 0.25) is 0 Å². The minimum Gasteiger partial charge on any atom is -0.289 e. The minimum atomic E-state index is 0.0513. The van der Waals surface area contributed by atoms with Gasteiger partial charge in [-0.25, -0.2) is 0 Å². The maximum Gasteiger partial charge on any atom is 0.186 e. The van der Waals surface area contributed by atoms with Gasteiger partial charge in [0.1, 0.15) is 0 Å². The Morgan fingerprint density at radius 1 is 1.43 bits per heavy atom. The van der Waals surface area contributed by atoms with Gasteiger partial charge in [-0.15, -0.1) is 0 Å². The van der Waals surface area contributed by atoms with Crippen LogP contribution in [0, 0.1) is 3.57 Å². The average Bonchev–Trinajstić information content (AvgIpc) is 2.08. The molecule has 0 N–H and O–H groups in total. The highest BCUT2D eigenvalue weighted by Gasteiger charge is 2.07. The van der Waals surface area contributed by atoms with Crippen LogP contribution in [-0.2, 0) is 0 Å². The normalized spacial score (nSPS) is 9.71. The Balaban J connectivity index is 3.12. The molecule has 0 atom stereocenters. The van der Waals surface area contributed by atoms with Crippen molar-refractivity contribution < 1.29 is 4.79 Å². The molecule has 3 heteroatoms. The van der Waals surface area contributed by atoms with Gasteiger partial charge in [-0.05, 0) is 60.7 Å². The summed E-state index contributed by atoms with van der Waals surface area (Å²) in [5.41, 5.74) is 1.74. The minimum absolute atomic E-state index is 0.0513. The van der Waals surface area contributed by atoms with Crippen LogP contribution in [0.15, 0.2) is 34.3 Å². The van der Waals surface area contributed by atoms with Gasteiger partial charge in [-0.1, -0.05) is 21.5 Å². The molecule has 1 rings (SSSR count). The van der Waals surface area contributed by atoms with Crippen LogP contribution >= 0.6 is 38.5 Å². The Labute approximate surface area is 106 Å². The van der Waals surface area contributed by atoms with Gasteiger partial charge in [0.15, 0.2) is 5.78 Å². The molecule has 1 aromatic rings. The van der Waals surface area contributed by atoms with E-state index in [2.05, 4.69) is 38.5 Å². The molecular formula is C11H10BrIO. The summed E-state index contributed by atoms with van der Waals surface area (Å²) in [6, 6.07) is 5.74. The maximum absolute atomic E-state index is 11.7. The number of halogens is 2. The lowest BCUT2D eigenvalue weighted by Gasteiger charge is -2.01. The third-order valence-electron chi connectivity index (χ3n) is 1.61. The van der Waals surface area contributed by atoms with Crippen LogP contribution in [0.4, 0.5) is 0 Å². The van der Waals surface area contributed by atoms with Crippen LogP contribution in [0.25, 0.3) is 0 Å². The molecule has 1 nitrogen and oxygen atoms in total. The molecule has 0 aliphatic rings. The molecule has 74 valence electrons. The Hall–Kier alpha value is -0.160. The molecule has 0 radical (unpaired) electrons. The molecule has 1 aromatic carbocycles. The van der Waals surface area contributed by atoms with Gasteiger partial charge in [0, 0.05) is 13.6 Å². The van der Waals surface area contributed by atoms with Crippen LogP contribution < -0.4 is 0 Å². The second kappa shape index (κ2) is 5.07. The number of allylic oxidation sites excluding steroid dienone is 2. The fourth-order valence-electron chi connectivity index (χ4n) is 1.03. The SMILES string of the molecule is CC(C)=CC(=O)c1cc(I)ccc1Br. The van der Waals surface area contributed by atoms with Crippen molar-refractivity contribution in [1.82, 2.24) is 0 Å². The zero-order chi connectivity index (χ0) is 10.7. The predicted octanol–water partition coefficient (Wildman–Crippen LogP) is 4.20. The van der Waals surface area contributed by atoms with E-state index in [0.717, 1.165) is 19.2 Å². The monoisotopic (exact) mass is 364 g/mol. The van der Waals surface area contributed by atoms with Crippen molar-refractivity contribution in [2.45, 2.75) is 13.8 Å². The second-order valence-electron chi connectivity index (χ2n) is 3.21. The molecule has 14 heavy (non-hydrogen) atoms. The number of ketones is 1. The quantitative estimate of drug-likeness (QED) is 0.436. The molecule has 0 amide bonds. The summed E-state index contributed by atoms with van der Waals surface area (Å²) in [6.45, 7) is 3.83. The average molecular weight is 365 g/mol. The van der Waals surface area contributed by atoms with Gasteiger partial charge < -0.3 is 0 Å². The summed E-state index contributed by atoms with van der Waals surface area (Å²) < 4.78 is 1.91. The molecule has 0 saturated heterocycles. The Morgan fingerprint density at radius 2 is 2.07 bits per heavy atom. The van der Waals surface area contributed by atoms with Gasteiger partial charge in [-0.3, -0.25) is 4.79 Å². The van der Waals surface area contributed by atoms with Crippen molar-refractivity contribution in [3.05, 3.63) is 43.5 Å². The summed E-state index contributed by atoms with van der Waals surface area (Å²) in [6.07, 6.45) is 1.65. The van der Waals surface area contributed by atoms with Crippen molar-refractivity contribution >= 4 is 44.3 Å². The molecule has 0 unspecified atom stereocenters. The van der Waals surface area contributed by atoms with E-state index in [9.17, 15) is 4.79 Å². The fraction of sp³-hybridized carbons (Fsp3) is 0.182. The molecule has 0 fully saturated rings. The molecule has 0 bridgehead atoms. The third kappa shape index (κ3) is 3.20. The number of rotatable bonds is 2. The number of carbonyl (C=O) groups is 1. The fourth-order valence-corrected chi connectivity index (χ4v) is 1.96. The van der Waals surface area contributed by atoms with E-state index in [0.29, 0.717) is 0 Å². The van der Waals surface area contributed by atoms with E-state index in [1.807, 2.05) is 32.0 Å².